The second-order valence-electron chi connectivity index (χ2n) is 4.47. The standard InChI is InChI=1S/C12H12N2O2.CHF3O3S/c15-12(16)11(14-7-6-13-9-14)8-10-4-2-1-3-5-10;2-1(3,4)8(5,6)7/h1-7,9,11H,8H2,(H,15,16);(H,5,6,7). The highest BCUT2D eigenvalue weighted by molar-refractivity contribution is 7.86. The third-order valence-electron chi connectivity index (χ3n) is 2.73. The van der Waals surface area contributed by atoms with Crippen LogP contribution in [0.2, 0.25) is 0 Å². The van der Waals surface area contributed by atoms with Gasteiger partial charge < -0.3 is 9.67 Å². The topological polar surface area (TPSA) is 109 Å². The van der Waals surface area contributed by atoms with E-state index < -0.39 is 27.6 Å². The molecule has 1 atom stereocenters. The molecule has 2 rings (SSSR count). The molecule has 0 bridgehead atoms. The first-order valence-corrected chi connectivity index (χ1v) is 7.74. The van der Waals surface area contributed by atoms with Crippen LogP contribution in [0.1, 0.15) is 11.6 Å². The molecule has 2 N–H and O–H groups in total. The number of hydrogen-bond acceptors (Lipinski definition) is 4. The number of benzene rings is 1. The molecule has 7 nitrogen and oxygen atoms in total. The molecule has 0 amide bonds. The molecular weight excluding hydrogens is 353 g/mol. The average molecular weight is 366 g/mol. The normalized spacial score (nSPS) is 12.8. The first-order valence-electron chi connectivity index (χ1n) is 6.30. The summed E-state index contributed by atoms with van der Waals surface area (Å²) in [5.41, 5.74) is -4.53. The summed E-state index contributed by atoms with van der Waals surface area (Å²) in [6.45, 7) is 0. The molecule has 24 heavy (non-hydrogen) atoms. The molecule has 1 unspecified atom stereocenters. The predicted octanol–water partition coefficient (Wildman–Crippen LogP) is 2.15. The Morgan fingerprint density at radius 1 is 1.25 bits per heavy atom. The third-order valence-corrected chi connectivity index (χ3v) is 3.32. The summed E-state index contributed by atoms with van der Waals surface area (Å²) in [7, 11) is -5.84. The van der Waals surface area contributed by atoms with Crippen LogP contribution in [0.4, 0.5) is 13.2 Å². The van der Waals surface area contributed by atoms with Gasteiger partial charge in [-0.25, -0.2) is 9.78 Å². The molecule has 2 aromatic rings. The molecule has 132 valence electrons. The Hall–Kier alpha value is -2.40. The van der Waals surface area contributed by atoms with Crippen molar-refractivity contribution >= 4 is 16.1 Å². The lowest BCUT2D eigenvalue weighted by atomic mass is 10.1. The van der Waals surface area contributed by atoms with Gasteiger partial charge in [0.2, 0.25) is 0 Å². The Labute approximate surface area is 135 Å². The van der Waals surface area contributed by atoms with E-state index in [1.165, 1.54) is 6.33 Å². The molecular formula is C13H13F3N2O5S. The van der Waals surface area contributed by atoms with Crippen molar-refractivity contribution in [3.05, 3.63) is 54.6 Å². The molecule has 11 heteroatoms. The molecule has 0 aliphatic heterocycles. The van der Waals surface area contributed by atoms with E-state index in [1.807, 2.05) is 30.3 Å². The van der Waals surface area contributed by atoms with Crippen LogP contribution >= 0.6 is 0 Å². The highest BCUT2D eigenvalue weighted by Gasteiger charge is 2.44. The van der Waals surface area contributed by atoms with Gasteiger partial charge in [0.1, 0.15) is 6.04 Å². The van der Waals surface area contributed by atoms with Crippen LogP contribution in [-0.4, -0.2) is 39.1 Å². The van der Waals surface area contributed by atoms with Gasteiger partial charge in [-0.15, -0.1) is 0 Å². The lowest BCUT2D eigenvalue weighted by Gasteiger charge is -2.13. The lowest BCUT2D eigenvalue weighted by Crippen LogP contribution is -2.21. The number of carboxylic acid groups (broad SMARTS) is 1. The third kappa shape index (κ3) is 6.01. The molecule has 0 fully saturated rings. The summed E-state index contributed by atoms with van der Waals surface area (Å²) in [6, 6.07) is 8.98. The van der Waals surface area contributed by atoms with E-state index in [0.29, 0.717) is 6.42 Å². The van der Waals surface area contributed by atoms with Crippen LogP contribution < -0.4 is 0 Å². The Bertz CT molecular complexity index is 746. The van der Waals surface area contributed by atoms with E-state index in [1.54, 1.807) is 17.0 Å². The van der Waals surface area contributed by atoms with Gasteiger partial charge in [-0.3, -0.25) is 4.55 Å². The van der Waals surface area contributed by atoms with Crippen molar-refractivity contribution in [3.8, 4) is 0 Å². The summed E-state index contributed by atoms with van der Waals surface area (Å²) in [5.74, 6) is -0.846. The summed E-state index contributed by atoms with van der Waals surface area (Å²) in [6.07, 6.45) is 5.25. The van der Waals surface area contributed by atoms with Crippen molar-refractivity contribution in [1.82, 2.24) is 9.55 Å². The van der Waals surface area contributed by atoms with Gasteiger partial charge in [0.25, 0.3) is 0 Å². The SMILES string of the molecule is O=C(O)C(Cc1ccccc1)n1ccnc1.O=S(=O)(O)C(F)(F)F. The van der Waals surface area contributed by atoms with Gasteiger partial charge in [-0.1, -0.05) is 30.3 Å². The molecule has 0 saturated carbocycles. The molecule has 1 heterocycles. The summed E-state index contributed by atoms with van der Waals surface area (Å²) >= 11 is 0. The highest BCUT2D eigenvalue weighted by Crippen LogP contribution is 2.20. The quantitative estimate of drug-likeness (QED) is 0.634. The number of imidazole rings is 1. The number of rotatable bonds is 4. The van der Waals surface area contributed by atoms with E-state index in [4.69, 9.17) is 18.1 Å². The van der Waals surface area contributed by atoms with Gasteiger partial charge in [0.05, 0.1) is 6.33 Å². The van der Waals surface area contributed by atoms with Crippen LogP contribution in [0.3, 0.4) is 0 Å². The Kier molecular flexibility index (Phi) is 6.49. The minimum Gasteiger partial charge on any atom is -0.480 e. The van der Waals surface area contributed by atoms with E-state index in [-0.39, 0.29) is 0 Å². The summed E-state index contributed by atoms with van der Waals surface area (Å²) in [4.78, 5) is 15.0. The van der Waals surface area contributed by atoms with Gasteiger partial charge >= 0.3 is 21.6 Å². The van der Waals surface area contributed by atoms with Crippen molar-refractivity contribution in [2.24, 2.45) is 0 Å². The average Bonchev–Trinajstić information content (AvgIpc) is 2.98. The zero-order valence-electron chi connectivity index (χ0n) is 12.0. The fourth-order valence-corrected chi connectivity index (χ4v) is 1.61. The molecule has 0 aliphatic rings. The second-order valence-corrected chi connectivity index (χ2v) is 5.89. The number of nitrogens with zero attached hydrogens (tertiary/aromatic N) is 2. The maximum Gasteiger partial charge on any atom is 0.522 e. The van der Waals surface area contributed by atoms with Crippen molar-refractivity contribution in [3.63, 3.8) is 0 Å². The number of aliphatic carboxylic acids is 1. The molecule has 0 aliphatic carbocycles. The minimum atomic E-state index is -5.84. The Balaban J connectivity index is 0.000000307. The van der Waals surface area contributed by atoms with Crippen molar-refractivity contribution in [2.45, 2.75) is 18.0 Å². The first kappa shape index (κ1) is 19.6. The minimum absolute atomic E-state index is 0.465. The number of halogens is 3. The van der Waals surface area contributed by atoms with E-state index >= 15 is 0 Å². The lowest BCUT2D eigenvalue weighted by molar-refractivity contribution is -0.140. The fraction of sp³-hybridized carbons (Fsp3) is 0.231. The molecule has 0 saturated heterocycles. The monoisotopic (exact) mass is 366 g/mol. The zero-order chi connectivity index (χ0) is 18.4. The summed E-state index contributed by atoms with van der Waals surface area (Å²) in [5, 5.41) is 9.16. The van der Waals surface area contributed by atoms with E-state index in [9.17, 15) is 18.0 Å². The van der Waals surface area contributed by atoms with Crippen LogP contribution in [0.25, 0.3) is 0 Å². The number of hydrogen-bond donors (Lipinski definition) is 2. The molecule has 0 spiro atoms. The molecule has 1 aromatic carbocycles. The zero-order valence-corrected chi connectivity index (χ0v) is 12.8. The van der Waals surface area contributed by atoms with Gasteiger partial charge in [0.15, 0.2) is 0 Å². The van der Waals surface area contributed by atoms with Crippen LogP contribution in [-0.2, 0) is 21.3 Å². The smallest absolute Gasteiger partial charge is 0.480 e. The maximum absolute atomic E-state index is 11.2. The second kappa shape index (κ2) is 7.93. The number of carbonyl (C=O) groups is 1. The van der Waals surface area contributed by atoms with Crippen LogP contribution in [0.15, 0.2) is 49.1 Å². The van der Waals surface area contributed by atoms with Gasteiger partial charge in [-0.2, -0.15) is 21.6 Å². The van der Waals surface area contributed by atoms with Crippen molar-refractivity contribution in [1.29, 1.82) is 0 Å². The number of alkyl halides is 3. The van der Waals surface area contributed by atoms with Crippen LogP contribution in [0, 0.1) is 0 Å². The molecule has 0 radical (unpaired) electrons. The van der Waals surface area contributed by atoms with E-state index in [2.05, 4.69) is 4.98 Å². The largest absolute Gasteiger partial charge is 0.522 e. The number of aromatic nitrogens is 2. The Morgan fingerprint density at radius 2 is 1.79 bits per heavy atom. The summed E-state index contributed by atoms with van der Waals surface area (Å²) < 4.78 is 59.1. The fourth-order valence-electron chi connectivity index (χ4n) is 1.61. The van der Waals surface area contributed by atoms with Gasteiger partial charge in [0, 0.05) is 18.8 Å². The van der Waals surface area contributed by atoms with Crippen molar-refractivity contribution < 1.29 is 36.0 Å². The van der Waals surface area contributed by atoms with E-state index in [0.717, 1.165) is 5.56 Å². The Morgan fingerprint density at radius 3 is 2.17 bits per heavy atom. The van der Waals surface area contributed by atoms with Gasteiger partial charge in [-0.05, 0) is 5.56 Å². The predicted molar refractivity (Wildman–Crippen MR) is 76.6 cm³/mol. The van der Waals surface area contributed by atoms with Crippen molar-refractivity contribution in [2.75, 3.05) is 0 Å². The highest BCUT2D eigenvalue weighted by atomic mass is 32.2. The number of carboxylic acids is 1. The maximum atomic E-state index is 11.2. The molecule has 1 aromatic heterocycles. The first-order chi connectivity index (χ1) is 11.0. The van der Waals surface area contributed by atoms with Crippen LogP contribution in [0.5, 0.6) is 0 Å².